The van der Waals surface area contributed by atoms with E-state index in [4.69, 9.17) is 5.73 Å². The van der Waals surface area contributed by atoms with Gasteiger partial charge in [-0.25, -0.2) is 17.2 Å². The van der Waals surface area contributed by atoms with E-state index in [1.807, 2.05) is 0 Å². The van der Waals surface area contributed by atoms with Crippen LogP contribution in [0.3, 0.4) is 0 Å². The van der Waals surface area contributed by atoms with Gasteiger partial charge in [-0.3, -0.25) is 4.79 Å². The van der Waals surface area contributed by atoms with Gasteiger partial charge in [0.2, 0.25) is 0 Å². The molecule has 0 aromatic heterocycles. The topological polar surface area (TPSA) is 89.3 Å². The Hall–Kier alpha value is -1.70. The number of sulfone groups is 1. The Morgan fingerprint density at radius 1 is 1.30 bits per heavy atom. The molecular formula is C12H16F2N2O3S. The quantitative estimate of drug-likeness (QED) is 0.815. The van der Waals surface area contributed by atoms with E-state index in [1.165, 1.54) is 13.8 Å². The third-order valence-electron chi connectivity index (χ3n) is 3.02. The van der Waals surface area contributed by atoms with Crippen molar-refractivity contribution in [1.82, 2.24) is 5.32 Å². The summed E-state index contributed by atoms with van der Waals surface area (Å²) in [7, 11) is -3.39. The molecule has 0 heterocycles. The summed E-state index contributed by atoms with van der Waals surface area (Å²) in [6.07, 6.45) is 1.05. The lowest BCUT2D eigenvalue weighted by atomic mass is 10.1. The number of benzene rings is 1. The van der Waals surface area contributed by atoms with Gasteiger partial charge in [-0.1, -0.05) is 0 Å². The molecule has 1 amide bonds. The second-order valence-electron chi connectivity index (χ2n) is 5.07. The largest absolute Gasteiger partial charge is 0.398 e. The van der Waals surface area contributed by atoms with Gasteiger partial charge >= 0.3 is 0 Å². The molecule has 0 atom stereocenters. The molecule has 0 aliphatic heterocycles. The molecule has 3 N–H and O–H groups in total. The van der Waals surface area contributed by atoms with Crippen LogP contribution in [0.1, 0.15) is 24.2 Å². The van der Waals surface area contributed by atoms with Crippen LogP contribution in [0, 0.1) is 11.6 Å². The summed E-state index contributed by atoms with van der Waals surface area (Å²) in [5, 5.41) is 2.35. The van der Waals surface area contributed by atoms with Crippen LogP contribution in [-0.4, -0.2) is 31.9 Å². The molecule has 1 rings (SSSR count). The van der Waals surface area contributed by atoms with Gasteiger partial charge in [-0.15, -0.1) is 0 Å². The average molecular weight is 306 g/mol. The number of carbonyl (C=O) groups excluding carboxylic acids is 1. The fraction of sp³-hybridized carbons (Fsp3) is 0.417. The molecule has 0 spiro atoms. The lowest BCUT2D eigenvalue weighted by molar-refractivity contribution is 0.0951. The smallest absolute Gasteiger partial charge is 0.253 e. The van der Waals surface area contributed by atoms with Crippen LogP contribution in [0.4, 0.5) is 14.5 Å². The molecule has 1 aromatic carbocycles. The number of halogens is 2. The fourth-order valence-corrected chi connectivity index (χ4v) is 1.61. The van der Waals surface area contributed by atoms with Crippen molar-refractivity contribution in [3.8, 4) is 0 Å². The monoisotopic (exact) mass is 306 g/mol. The summed E-state index contributed by atoms with van der Waals surface area (Å²) in [5.41, 5.74) is 4.96. The molecule has 0 unspecified atom stereocenters. The van der Waals surface area contributed by atoms with Gasteiger partial charge < -0.3 is 11.1 Å². The van der Waals surface area contributed by atoms with Crippen molar-refractivity contribution in [2.24, 2.45) is 0 Å². The highest BCUT2D eigenvalue weighted by Gasteiger charge is 2.30. The second-order valence-corrected chi connectivity index (χ2v) is 7.72. The number of nitrogens with two attached hydrogens (primary N) is 1. The number of nitrogens with one attached hydrogen (secondary N) is 1. The molecule has 0 bridgehead atoms. The van der Waals surface area contributed by atoms with Gasteiger partial charge in [-0.2, -0.15) is 0 Å². The molecule has 0 saturated heterocycles. The van der Waals surface area contributed by atoms with Gasteiger partial charge in [-0.05, 0) is 19.9 Å². The van der Waals surface area contributed by atoms with Crippen LogP contribution in [-0.2, 0) is 9.84 Å². The molecule has 0 fully saturated rings. The predicted molar refractivity (Wildman–Crippen MR) is 72.0 cm³/mol. The second kappa shape index (κ2) is 5.35. The van der Waals surface area contributed by atoms with Crippen molar-refractivity contribution >= 4 is 21.4 Å². The lowest BCUT2D eigenvalue weighted by Gasteiger charge is -2.22. The molecule has 20 heavy (non-hydrogen) atoms. The van der Waals surface area contributed by atoms with E-state index < -0.39 is 32.1 Å². The Kier molecular flexibility index (Phi) is 4.38. The molecule has 112 valence electrons. The summed E-state index contributed by atoms with van der Waals surface area (Å²) in [5.74, 6) is -3.12. The normalized spacial score (nSPS) is 12.2. The van der Waals surface area contributed by atoms with E-state index in [1.54, 1.807) is 0 Å². The number of amides is 1. The standard InChI is InChI=1S/C12H16F2N2O3S/c1-12(2,20(3,18)19)6-16-11(17)7-4-8(13)9(14)5-10(7)15/h4-5H,6,15H2,1-3H3,(H,16,17). The zero-order valence-electron chi connectivity index (χ0n) is 11.3. The fourth-order valence-electron chi connectivity index (χ4n) is 1.28. The van der Waals surface area contributed by atoms with Gasteiger partial charge in [0.05, 0.1) is 10.3 Å². The SMILES string of the molecule is CC(C)(CNC(=O)c1cc(F)c(F)cc1N)S(C)(=O)=O. The number of hydrogen-bond acceptors (Lipinski definition) is 4. The number of carbonyl (C=O) groups is 1. The Bertz CT molecular complexity index is 642. The number of anilines is 1. The minimum atomic E-state index is -3.39. The molecule has 0 saturated carbocycles. The Labute approximate surface area is 116 Å². The summed E-state index contributed by atoms with van der Waals surface area (Å²) < 4.78 is 47.7. The van der Waals surface area contributed by atoms with Crippen molar-refractivity contribution in [2.75, 3.05) is 18.5 Å². The number of rotatable bonds is 4. The molecule has 0 aliphatic rings. The molecular weight excluding hydrogens is 290 g/mol. The third kappa shape index (κ3) is 3.44. The van der Waals surface area contributed by atoms with Crippen molar-refractivity contribution in [1.29, 1.82) is 0 Å². The van der Waals surface area contributed by atoms with Crippen LogP contribution >= 0.6 is 0 Å². The zero-order chi connectivity index (χ0) is 15.7. The van der Waals surface area contributed by atoms with Gasteiger partial charge in [0, 0.05) is 24.6 Å². The summed E-state index contributed by atoms with van der Waals surface area (Å²) in [6, 6.07) is 1.37. The maximum absolute atomic E-state index is 13.1. The highest BCUT2D eigenvalue weighted by Crippen LogP contribution is 2.18. The number of nitrogen functional groups attached to an aromatic ring is 1. The van der Waals surface area contributed by atoms with Crippen LogP contribution in [0.15, 0.2) is 12.1 Å². The molecule has 0 aliphatic carbocycles. The van der Waals surface area contributed by atoms with Gasteiger partial charge in [0.15, 0.2) is 21.5 Å². The average Bonchev–Trinajstić information content (AvgIpc) is 2.29. The highest BCUT2D eigenvalue weighted by atomic mass is 32.2. The molecule has 0 radical (unpaired) electrons. The maximum Gasteiger partial charge on any atom is 0.253 e. The van der Waals surface area contributed by atoms with E-state index in [0.29, 0.717) is 12.1 Å². The van der Waals surface area contributed by atoms with Crippen LogP contribution in [0.5, 0.6) is 0 Å². The van der Waals surface area contributed by atoms with Crippen molar-refractivity contribution in [2.45, 2.75) is 18.6 Å². The van der Waals surface area contributed by atoms with Crippen molar-refractivity contribution in [3.05, 3.63) is 29.3 Å². The summed E-state index contributed by atoms with van der Waals surface area (Å²) in [4.78, 5) is 11.8. The molecule has 5 nitrogen and oxygen atoms in total. The van der Waals surface area contributed by atoms with Crippen molar-refractivity contribution < 1.29 is 22.0 Å². The first-order valence-electron chi connectivity index (χ1n) is 5.68. The van der Waals surface area contributed by atoms with Crippen molar-refractivity contribution in [3.63, 3.8) is 0 Å². The zero-order valence-corrected chi connectivity index (χ0v) is 12.1. The Balaban J connectivity index is 2.92. The molecule has 8 heteroatoms. The third-order valence-corrected chi connectivity index (χ3v) is 5.17. The van der Waals surface area contributed by atoms with E-state index in [2.05, 4.69) is 5.32 Å². The van der Waals surface area contributed by atoms with Crippen LogP contribution in [0.2, 0.25) is 0 Å². The van der Waals surface area contributed by atoms with Crippen LogP contribution in [0.25, 0.3) is 0 Å². The first-order valence-corrected chi connectivity index (χ1v) is 7.57. The van der Waals surface area contributed by atoms with E-state index in [-0.39, 0.29) is 17.8 Å². The lowest BCUT2D eigenvalue weighted by Crippen LogP contribution is -2.43. The predicted octanol–water partition coefficient (Wildman–Crippen LogP) is 1.10. The first kappa shape index (κ1) is 16.4. The van der Waals surface area contributed by atoms with Gasteiger partial charge in [0.25, 0.3) is 5.91 Å². The van der Waals surface area contributed by atoms with E-state index in [0.717, 1.165) is 6.26 Å². The summed E-state index contributed by atoms with van der Waals surface area (Å²) >= 11 is 0. The minimum absolute atomic E-state index is 0.177. The summed E-state index contributed by atoms with van der Waals surface area (Å²) in [6.45, 7) is 2.71. The van der Waals surface area contributed by atoms with Crippen LogP contribution < -0.4 is 11.1 Å². The first-order chi connectivity index (χ1) is 8.95. The minimum Gasteiger partial charge on any atom is -0.398 e. The Morgan fingerprint density at radius 2 is 1.80 bits per heavy atom. The Morgan fingerprint density at radius 3 is 2.30 bits per heavy atom. The van der Waals surface area contributed by atoms with E-state index in [9.17, 15) is 22.0 Å². The number of hydrogen-bond donors (Lipinski definition) is 2. The van der Waals surface area contributed by atoms with Gasteiger partial charge in [0.1, 0.15) is 0 Å². The molecule has 1 aromatic rings. The van der Waals surface area contributed by atoms with E-state index >= 15 is 0 Å². The highest BCUT2D eigenvalue weighted by molar-refractivity contribution is 7.92. The maximum atomic E-state index is 13.1.